The molecule has 7 aromatic rings. The van der Waals surface area contributed by atoms with Gasteiger partial charge in [-0.2, -0.15) is 10.2 Å². The van der Waals surface area contributed by atoms with Crippen LogP contribution in [0.25, 0.3) is 21.8 Å². The molecule has 2 heterocycles. The van der Waals surface area contributed by atoms with Crippen LogP contribution in [0.4, 0.5) is 17.1 Å². The van der Waals surface area contributed by atoms with Crippen LogP contribution in [0.2, 0.25) is 0 Å². The summed E-state index contributed by atoms with van der Waals surface area (Å²) in [6, 6.07) is 37.3. The van der Waals surface area contributed by atoms with Crippen molar-refractivity contribution < 1.29 is 38.4 Å². The van der Waals surface area contributed by atoms with E-state index < -0.39 is 0 Å². The van der Waals surface area contributed by atoms with Crippen molar-refractivity contribution in [2.24, 2.45) is 48.5 Å². The first-order valence-electron chi connectivity index (χ1n) is 37.2. The number of hydrazone groups is 2. The number of H-pyrrole nitrogens is 2. The van der Waals surface area contributed by atoms with E-state index in [1.807, 2.05) is 117 Å². The van der Waals surface area contributed by atoms with Gasteiger partial charge in [-0.25, -0.2) is 0 Å². The first kappa shape index (κ1) is 89.3. The molecule has 5 aromatic carbocycles. The van der Waals surface area contributed by atoms with Gasteiger partial charge in [-0.15, -0.1) is 0 Å². The molecular formula is C86H108Br6N8O8. The number of carbonyl (C=O) groups is 8. The fourth-order valence-electron chi connectivity index (χ4n) is 13.9. The van der Waals surface area contributed by atoms with Crippen LogP contribution in [-0.4, -0.2) is 77.3 Å². The number of aromatic nitrogens is 2. The maximum Gasteiger partial charge on any atom is 0.198 e. The highest BCUT2D eigenvalue weighted by Gasteiger charge is 2.40. The fraction of sp³-hybridized carbons (Fsp3) is 0.488. The molecular weight excluding hydrogens is 1750 g/mol. The predicted octanol–water partition coefficient (Wildman–Crippen LogP) is 23.6. The number of nitrogens with two attached hydrogens (primary N) is 1. The number of anilines is 3. The van der Waals surface area contributed by atoms with Crippen LogP contribution in [0.5, 0.6) is 0 Å². The van der Waals surface area contributed by atoms with Gasteiger partial charge in [0.1, 0.15) is 17.2 Å². The van der Waals surface area contributed by atoms with E-state index >= 15 is 0 Å². The molecule has 2 unspecified atom stereocenters. The zero-order valence-electron chi connectivity index (χ0n) is 65.1. The van der Waals surface area contributed by atoms with E-state index in [1.165, 1.54) is 21.9 Å². The van der Waals surface area contributed by atoms with Crippen LogP contribution in [0, 0.1) is 32.5 Å². The van der Waals surface area contributed by atoms with Gasteiger partial charge in [-0.3, -0.25) is 55.1 Å². The highest BCUT2D eigenvalue weighted by molar-refractivity contribution is 9.11. The number of hydrogen-bond donors (Lipinski definition) is 6. The fourth-order valence-corrected chi connectivity index (χ4v) is 17.8. The molecule has 22 heteroatoms. The van der Waals surface area contributed by atoms with Crippen LogP contribution in [0.15, 0.2) is 143 Å². The molecule has 2 atom stereocenters. The van der Waals surface area contributed by atoms with E-state index in [4.69, 9.17) is 5.84 Å². The molecule has 7 N–H and O–H groups in total. The number of fused-ring (bicyclic) bond motifs is 6. The Hall–Kier alpha value is -5.88. The lowest BCUT2D eigenvalue weighted by Gasteiger charge is -2.34. The SMILES string of the molecule is CC1(C)CC(=O)c2[nH]c3ccc(Br)cc3c2C1.CC1(C)CC(Br)C(=O)C(Br)C1.CC1(C)CC/C(=N/Nc2ccccc2)C(=O)C1.CC1(C)CCC(=O)/C(=N/Nc2ccc(Br)cc2)C1.CC1(C)CCC(=O)C(=O)C1.CC1(C)CCC(=O)CC1.CC1(C)CCC(=O)c2[nH]c3ccc(Br)cc3c21.NNc1ccc(Br)cc1. The number of hydrogen-bond acceptors (Lipinski definition) is 14. The smallest absolute Gasteiger partial charge is 0.198 e. The third-order valence-corrected chi connectivity index (χ3v) is 24.2. The van der Waals surface area contributed by atoms with Crippen LogP contribution >= 0.6 is 95.6 Å². The molecule has 0 spiro atoms. The summed E-state index contributed by atoms with van der Waals surface area (Å²) in [5.74, 6) is 6.34. The molecule has 0 saturated heterocycles. The maximum absolute atomic E-state index is 12.1. The van der Waals surface area contributed by atoms with Gasteiger partial charge in [0, 0.05) is 103 Å². The van der Waals surface area contributed by atoms with Gasteiger partial charge >= 0.3 is 0 Å². The number of hydrazine groups is 1. The zero-order valence-corrected chi connectivity index (χ0v) is 74.6. The molecule has 5 fully saturated rings. The molecule has 582 valence electrons. The molecule has 2 aromatic heterocycles. The standard InChI is InChI=1S/C14H17BrN2O.2C14H14BrNO.C14H18N2O.C8H12Br2O.C8H12O2.C8H14O.C6H7BrN2/c1-14(2)8-7-13(18)12(9-14)17-16-11-5-3-10(15)4-6-11;1-14(2)6-10-9-5-8(15)3-4-11(9)16-13(10)12(17)7-14;1-14(2)6-5-11(17)13-12(14)9-7-8(15)3-4-10(9)16-13;1-14(2)9-8-12(13(17)10-14)16-15-11-6-4-3-5-7-11;1-8(2)3-5(9)7(11)6(10)4-8;1-8(2)4-3-6(9)7(10)5-8;1-8(2)5-3-7(9)4-6-8;7-5-1-3-6(9-8)4-2-5/h3-6,16H,7-9H2,1-2H3;3-5,16H,6-7H2,1-2H3;3-4,7,16H,5-6H2,1-2H3;3-7,15H,8-10H2,1-2H3;5-6H,3-4H2,1-2H3;3-5H2,1-2H3;3-6H2,1-2H3;1-4,9H,8H2/b17-12+;;;16-12-;;;;. The Morgan fingerprint density at radius 1 is 0.389 bits per heavy atom. The minimum absolute atomic E-state index is 0.0515. The highest BCUT2D eigenvalue weighted by atomic mass is 79.9. The van der Waals surface area contributed by atoms with Crippen molar-refractivity contribution >= 4 is 192 Å². The molecule has 0 radical (unpaired) electrons. The Labute approximate surface area is 689 Å². The first-order valence-corrected chi connectivity index (χ1v) is 42.2. The van der Waals surface area contributed by atoms with Gasteiger partial charge in [0.05, 0.1) is 32.4 Å². The Morgan fingerprint density at radius 3 is 1.34 bits per heavy atom. The number of benzene rings is 5. The van der Waals surface area contributed by atoms with Crippen molar-refractivity contribution in [2.75, 3.05) is 16.3 Å². The van der Waals surface area contributed by atoms with Crippen molar-refractivity contribution in [3.05, 3.63) is 156 Å². The summed E-state index contributed by atoms with van der Waals surface area (Å²) >= 11 is 20.5. The van der Waals surface area contributed by atoms with Crippen LogP contribution in [-0.2, 0) is 40.6 Å². The van der Waals surface area contributed by atoms with E-state index in [-0.39, 0.29) is 76.8 Å². The summed E-state index contributed by atoms with van der Waals surface area (Å²) in [6.07, 6.45) is 15.3. The van der Waals surface area contributed by atoms with Crippen molar-refractivity contribution in [2.45, 2.75) is 234 Å². The number of aromatic amines is 2. The number of nitrogen functional groups attached to an aromatic ring is 1. The number of alkyl halides is 2. The van der Waals surface area contributed by atoms with E-state index in [0.29, 0.717) is 66.9 Å². The minimum Gasteiger partial charge on any atom is -0.352 e. The van der Waals surface area contributed by atoms with E-state index in [9.17, 15) is 38.4 Å². The van der Waals surface area contributed by atoms with Gasteiger partial charge in [0.15, 0.2) is 40.5 Å². The van der Waals surface area contributed by atoms with Gasteiger partial charge in [0.25, 0.3) is 0 Å². The van der Waals surface area contributed by atoms with Gasteiger partial charge in [0.2, 0.25) is 0 Å². The van der Waals surface area contributed by atoms with Gasteiger partial charge < -0.3 is 15.4 Å². The number of carbonyl (C=O) groups excluding carboxylic acids is 8. The van der Waals surface area contributed by atoms with Crippen LogP contribution in [0.3, 0.4) is 0 Å². The number of nitrogens with zero attached hydrogens (tertiary/aromatic N) is 2. The summed E-state index contributed by atoms with van der Waals surface area (Å²) in [5, 5.41) is 10.8. The lowest BCUT2D eigenvalue weighted by Crippen LogP contribution is -2.38. The summed E-state index contributed by atoms with van der Waals surface area (Å²) in [7, 11) is 0. The number of ketones is 8. The van der Waals surface area contributed by atoms with Crippen molar-refractivity contribution in [3.8, 4) is 0 Å². The molecule has 7 aliphatic carbocycles. The summed E-state index contributed by atoms with van der Waals surface area (Å²) in [6.45, 7) is 30.3. The van der Waals surface area contributed by atoms with Crippen molar-refractivity contribution in [1.82, 2.24) is 9.97 Å². The molecule has 14 rings (SSSR count). The number of Topliss-reactive ketones (excluding diaryl/α,β-unsaturated/α-hetero) is 8. The highest BCUT2D eigenvalue weighted by Crippen LogP contribution is 2.44. The topological polar surface area (TPSA) is 255 Å². The second kappa shape index (κ2) is 38.6. The third kappa shape index (κ3) is 27.5. The van der Waals surface area contributed by atoms with Crippen molar-refractivity contribution in [3.63, 3.8) is 0 Å². The van der Waals surface area contributed by atoms with E-state index in [0.717, 1.165) is 141 Å². The molecule has 0 aliphatic heterocycles. The normalized spacial score (nSPS) is 21.8. The third-order valence-electron chi connectivity index (χ3n) is 20.6. The Balaban J connectivity index is 0.000000174. The number of nitrogens with one attached hydrogen (secondary N) is 5. The molecule has 7 aliphatic rings. The molecule has 108 heavy (non-hydrogen) atoms. The van der Waals surface area contributed by atoms with Crippen molar-refractivity contribution in [1.29, 1.82) is 0 Å². The number of para-hydroxylation sites is 1. The Kier molecular flexibility index (Phi) is 31.9. The quantitative estimate of drug-likeness (QED) is 0.0407. The lowest BCUT2D eigenvalue weighted by atomic mass is 9.74. The zero-order chi connectivity index (χ0) is 79.9. The Morgan fingerprint density at radius 2 is 0.824 bits per heavy atom. The van der Waals surface area contributed by atoms with E-state index in [1.54, 1.807) is 0 Å². The maximum atomic E-state index is 12.1. The number of rotatable bonds is 5. The largest absolute Gasteiger partial charge is 0.352 e. The lowest BCUT2D eigenvalue weighted by molar-refractivity contribution is -0.140. The average Bonchev–Trinajstić information content (AvgIpc) is 1.60. The number of halogens is 6. The average molecular weight is 1860 g/mol. The van der Waals surface area contributed by atoms with Crippen LogP contribution in [0.1, 0.15) is 245 Å². The molecule has 0 amide bonds. The minimum atomic E-state index is -0.184. The molecule has 5 saturated carbocycles. The van der Waals surface area contributed by atoms with Gasteiger partial charge in [-0.05, 0) is 210 Å². The van der Waals surface area contributed by atoms with E-state index in [2.05, 4.69) is 227 Å². The summed E-state index contributed by atoms with van der Waals surface area (Å²) < 4.78 is 4.19. The predicted molar refractivity (Wildman–Crippen MR) is 463 cm³/mol. The van der Waals surface area contributed by atoms with Crippen LogP contribution < -0.4 is 22.1 Å². The van der Waals surface area contributed by atoms with Gasteiger partial charge in [-0.1, -0.05) is 211 Å². The second-order valence-electron chi connectivity index (χ2n) is 34.7. The monoisotopic (exact) mass is 1850 g/mol. The Bertz CT molecular complexity index is 4410. The molecule has 16 nitrogen and oxygen atoms in total. The molecule has 0 bridgehead atoms. The summed E-state index contributed by atoms with van der Waals surface area (Å²) in [4.78, 5) is 98.0. The summed E-state index contributed by atoms with van der Waals surface area (Å²) in [5.41, 5.74) is 19.8. The second-order valence-corrected chi connectivity index (χ2v) is 40.5. The first-order chi connectivity index (χ1) is 50.3.